The quantitative estimate of drug-likeness (QED) is 0.386. The summed E-state index contributed by atoms with van der Waals surface area (Å²) in [6, 6.07) is 18.7. The molecule has 0 unspecified atom stereocenters. The molecule has 5 nitrogen and oxygen atoms in total. The maximum absolute atomic E-state index is 13.8. The van der Waals surface area contributed by atoms with Crippen molar-refractivity contribution >= 4 is 22.8 Å². The molecule has 3 aromatic carbocycles. The van der Waals surface area contributed by atoms with E-state index in [1.54, 1.807) is 6.07 Å². The second-order valence-corrected chi connectivity index (χ2v) is 9.28. The molecule has 6 heteroatoms. The molecule has 1 saturated heterocycles. The average molecular weight is 469 g/mol. The van der Waals surface area contributed by atoms with Gasteiger partial charge in [0.25, 0.3) is 5.91 Å². The Balaban J connectivity index is 1.49. The molecule has 0 saturated carbocycles. The molecular formula is C29H29FN4O. The number of aromatic nitrogens is 2. The number of hydrogen-bond acceptors (Lipinski definition) is 4. The summed E-state index contributed by atoms with van der Waals surface area (Å²) in [5.74, 6) is 0.325. The Hall–Kier alpha value is -3.80. The maximum Gasteiger partial charge on any atom is 0.254 e. The minimum Gasteiger partial charge on any atom is -0.353 e. The van der Waals surface area contributed by atoms with E-state index in [1.165, 1.54) is 23.3 Å². The van der Waals surface area contributed by atoms with Gasteiger partial charge in [0.1, 0.15) is 11.5 Å². The van der Waals surface area contributed by atoms with Crippen LogP contribution in [0.5, 0.6) is 0 Å². The van der Waals surface area contributed by atoms with Crippen molar-refractivity contribution in [1.82, 2.24) is 14.9 Å². The summed E-state index contributed by atoms with van der Waals surface area (Å²) in [4.78, 5) is 27.4. The summed E-state index contributed by atoms with van der Waals surface area (Å²) in [7, 11) is 0. The molecule has 5 rings (SSSR count). The smallest absolute Gasteiger partial charge is 0.254 e. The van der Waals surface area contributed by atoms with Gasteiger partial charge in [0, 0.05) is 37.3 Å². The van der Waals surface area contributed by atoms with Gasteiger partial charge in [0.05, 0.1) is 11.0 Å². The van der Waals surface area contributed by atoms with Crippen LogP contribution in [0.1, 0.15) is 33.5 Å². The number of aryl methyl sites for hydroxylation is 3. The zero-order chi connectivity index (χ0) is 24.5. The molecule has 0 N–H and O–H groups in total. The molecule has 178 valence electrons. The van der Waals surface area contributed by atoms with Crippen molar-refractivity contribution in [3.8, 4) is 11.3 Å². The van der Waals surface area contributed by atoms with E-state index in [4.69, 9.17) is 9.97 Å². The Morgan fingerprint density at radius 2 is 1.51 bits per heavy atom. The van der Waals surface area contributed by atoms with Crippen LogP contribution in [0.25, 0.3) is 22.3 Å². The van der Waals surface area contributed by atoms with E-state index in [-0.39, 0.29) is 11.7 Å². The predicted molar refractivity (Wildman–Crippen MR) is 138 cm³/mol. The predicted octanol–water partition coefficient (Wildman–Crippen LogP) is 5.71. The molecule has 0 atom stereocenters. The topological polar surface area (TPSA) is 49.3 Å². The van der Waals surface area contributed by atoms with Crippen LogP contribution in [0.15, 0.2) is 60.7 Å². The number of nitrogens with zero attached hydrogens (tertiary/aromatic N) is 4. The number of rotatable bonds is 3. The van der Waals surface area contributed by atoms with Gasteiger partial charge in [-0.2, -0.15) is 0 Å². The maximum atomic E-state index is 13.8. The summed E-state index contributed by atoms with van der Waals surface area (Å²) in [6.45, 7) is 8.57. The van der Waals surface area contributed by atoms with Crippen molar-refractivity contribution in [3.05, 3.63) is 88.7 Å². The number of carbonyl (C=O) groups is 1. The number of anilines is 1. The summed E-state index contributed by atoms with van der Waals surface area (Å²) in [5.41, 5.74) is 7.21. The second-order valence-electron chi connectivity index (χ2n) is 9.28. The van der Waals surface area contributed by atoms with Gasteiger partial charge in [-0.05, 0) is 68.1 Å². The first-order chi connectivity index (χ1) is 16.9. The molecule has 0 spiro atoms. The van der Waals surface area contributed by atoms with Crippen LogP contribution in [0.4, 0.5) is 10.2 Å². The van der Waals surface area contributed by atoms with E-state index in [2.05, 4.69) is 43.0 Å². The van der Waals surface area contributed by atoms with Crippen LogP contribution in [0.3, 0.4) is 0 Å². The highest BCUT2D eigenvalue weighted by Crippen LogP contribution is 2.31. The van der Waals surface area contributed by atoms with Crippen LogP contribution in [0.2, 0.25) is 0 Å². The van der Waals surface area contributed by atoms with Gasteiger partial charge in [-0.15, -0.1) is 0 Å². The number of hydrogen-bond donors (Lipinski definition) is 0. The first kappa shape index (κ1) is 23.0. The van der Waals surface area contributed by atoms with E-state index < -0.39 is 0 Å². The Morgan fingerprint density at radius 1 is 0.800 bits per heavy atom. The van der Waals surface area contributed by atoms with Gasteiger partial charge in [0.15, 0.2) is 5.82 Å². The third kappa shape index (κ3) is 4.61. The van der Waals surface area contributed by atoms with Crippen molar-refractivity contribution in [2.75, 3.05) is 31.1 Å². The van der Waals surface area contributed by atoms with E-state index in [0.717, 1.165) is 46.6 Å². The summed E-state index contributed by atoms with van der Waals surface area (Å²) in [5, 5.41) is 0. The van der Waals surface area contributed by atoms with Crippen LogP contribution in [-0.2, 0) is 0 Å². The van der Waals surface area contributed by atoms with Gasteiger partial charge < -0.3 is 9.80 Å². The summed E-state index contributed by atoms with van der Waals surface area (Å²) < 4.78 is 13.8. The van der Waals surface area contributed by atoms with Gasteiger partial charge in [0.2, 0.25) is 0 Å². The Labute approximate surface area is 205 Å². The fourth-order valence-electron chi connectivity index (χ4n) is 4.64. The van der Waals surface area contributed by atoms with E-state index in [1.807, 2.05) is 30.0 Å². The highest BCUT2D eigenvalue weighted by Gasteiger charge is 2.25. The normalized spacial score (nSPS) is 14.3. The second kappa shape index (κ2) is 9.45. The van der Waals surface area contributed by atoms with Crippen molar-refractivity contribution in [1.29, 1.82) is 0 Å². The molecule has 1 aromatic heterocycles. The minimum atomic E-state index is -0.389. The Morgan fingerprint density at radius 3 is 2.26 bits per heavy atom. The fourth-order valence-corrected chi connectivity index (χ4v) is 4.64. The van der Waals surface area contributed by atoms with Gasteiger partial charge in [-0.1, -0.05) is 36.4 Å². The Kier molecular flexibility index (Phi) is 6.20. The van der Waals surface area contributed by atoms with Gasteiger partial charge in [-0.25, -0.2) is 14.4 Å². The van der Waals surface area contributed by atoms with Gasteiger partial charge in [-0.3, -0.25) is 4.79 Å². The zero-order valence-corrected chi connectivity index (χ0v) is 20.4. The lowest BCUT2D eigenvalue weighted by molar-refractivity contribution is 0.0765. The molecule has 2 heterocycles. The molecule has 1 amide bonds. The zero-order valence-electron chi connectivity index (χ0n) is 20.4. The Bertz CT molecular complexity index is 1400. The summed E-state index contributed by atoms with van der Waals surface area (Å²) in [6.07, 6.45) is 0.793. The standard InChI is InChI=1S/C29H29FN4O/c1-19-10-11-23(30)18-24(19)29(35)34-13-7-12-33(14-15-34)28-27(22-8-5-4-6-9-22)31-25-16-20(2)21(3)17-26(25)32-28/h4-6,8-11,16-18H,7,12-15H2,1-3H3. The molecule has 0 aliphatic carbocycles. The lowest BCUT2D eigenvalue weighted by atomic mass is 10.1. The third-order valence-electron chi connectivity index (χ3n) is 6.82. The number of amides is 1. The highest BCUT2D eigenvalue weighted by atomic mass is 19.1. The largest absolute Gasteiger partial charge is 0.353 e. The van der Waals surface area contributed by atoms with Crippen LogP contribution in [0, 0.1) is 26.6 Å². The average Bonchev–Trinajstić information content (AvgIpc) is 3.12. The molecular weight excluding hydrogens is 439 g/mol. The van der Waals surface area contributed by atoms with E-state index in [0.29, 0.717) is 25.2 Å². The molecule has 1 aliphatic rings. The van der Waals surface area contributed by atoms with E-state index in [9.17, 15) is 9.18 Å². The van der Waals surface area contributed by atoms with Crippen LogP contribution in [-0.4, -0.2) is 47.0 Å². The number of halogens is 1. The van der Waals surface area contributed by atoms with Crippen molar-refractivity contribution in [2.24, 2.45) is 0 Å². The monoisotopic (exact) mass is 468 g/mol. The van der Waals surface area contributed by atoms with E-state index >= 15 is 0 Å². The molecule has 1 aliphatic heterocycles. The molecule has 0 radical (unpaired) electrons. The molecule has 4 aromatic rings. The lowest BCUT2D eigenvalue weighted by Gasteiger charge is -2.25. The van der Waals surface area contributed by atoms with Crippen molar-refractivity contribution < 1.29 is 9.18 Å². The fraction of sp³-hybridized carbons (Fsp3) is 0.276. The number of carbonyl (C=O) groups excluding carboxylic acids is 1. The summed E-state index contributed by atoms with van der Waals surface area (Å²) >= 11 is 0. The first-order valence-electron chi connectivity index (χ1n) is 12.1. The SMILES string of the molecule is Cc1cc2nc(-c3ccccc3)c(N3CCCN(C(=O)c4cc(F)ccc4C)CC3)nc2cc1C. The molecule has 0 bridgehead atoms. The van der Waals surface area contributed by atoms with Crippen LogP contribution < -0.4 is 4.90 Å². The van der Waals surface area contributed by atoms with Gasteiger partial charge >= 0.3 is 0 Å². The first-order valence-corrected chi connectivity index (χ1v) is 12.1. The number of benzene rings is 3. The number of fused-ring (bicyclic) bond motifs is 1. The minimum absolute atomic E-state index is 0.122. The third-order valence-corrected chi connectivity index (χ3v) is 6.82. The molecule has 1 fully saturated rings. The van der Waals surface area contributed by atoms with Crippen LogP contribution >= 0.6 is 0 Å². The van der Waals surface area contributed by atoms with Crippen molar-refractivity contribution in [2.45, 2.75) is 27.2 Å². The highest BCUT2D eigenvalue weighted by molar-refractivity contribution is 5.95. The lowest BCUT2D eigenvalue weighted by Crippen LogP contribution is -2.36. The van der Waals surface area contributed by atoms with Crippen molar-refractivity contribution in [3.63, 3.8) is 0 Å². The molecule has 35 heavy (non-hydrogen) atoms.